The summed E-state index contributed by atoms with van der Waals surface area (Å²) in [4.78, 5) is 2.42. The van der Waals surface area contributed by atoms with Gasteiger partial charge in [0.1, 0.15) is 0 Å². The second-order valence-electron chi connectivity index (χ2n) is 10.7. The van der Waals surface area contributed by atoms with Gasteiger partial charge in [0.2, 0.25) is 0 Å². The Kier molecular flexibility index (Phi) is 5.77. The van der Waals surface area contributed by atoms with Crippen molar-refractivity contribution in [3.05, 3.63) is 133 Å². The van der Waals surface area contributed by atoms with Crippen molar-refractivity contribution < 1.29 is 0 Å². The molecule has 0 radical (unpaired) electrons. The number of anilines is 2. The fraction of sp³-hybridized carbons (Fsp3) is 0.111. The number of hydrogen-bond donors (Lipinski definition) is 0. The van der Waals surface area contributed by atoms with Crippen LogP contribution in [0.15, 0.2) is 133 Å². The minimum Gasteiger partial charge on any atom is -0.336 e. The molecule has 0 amide bonds. The van der Waals surface area contributed by atoms with Gasteiger partial charge < -0.3 is 4.90 Å². The standard InChI is InChI=1S/C36H31N/c1-36(2,3)37(30-21-17-27(18-22-30)26-11-5-4-6-12-26)31-23-19-28(20-24-31)35-25-29-13-7-8-14-32(29)33-15-9-10-16-34(33)35/h4-25H,1-3H3. The fourth-order valence-corrected chi connectivity index (χ4v) is 5.44. The molecule has 37 heavy (non-hydrogen) atoms. The molecule has 0 aliphatic rings. The van der Waals surface area contributed by atoms with E-state index in [1.807, 2.05) is 0 Å². The highest BCUT2D eigenvalue weighted by atomic mass is 15.2. The minimum atomic E-state index is -0.0780. The van der Waals surface area contributed by atoms with Crippen LogP contribution in [0.1, 0.15) is 20.8 Å². The Morgan fingerprint density at radius 1 is 0.432 bits per heavy atom. The van der Waals surface area contributed by atoms with E-state index in [1.165, 1.54) is 55.2 Å². The predicted octanol–water partition coefficient (Wildman–Crippen LogP) is 10.3. The van der Waals surface area contributed by atoms with Crippen molar-refractivity contribution in [2.45, 2.75) is 26.3 Å². The molecule has 6 aromatic rings. The van der Waals surface area contributed by atoms with Gasteiger partial charge in [0.15, 0.2) is 0 Å². The Labute approximate surface area is 219 Å². The van der Waals surface area contributed by atoms with Crippen LogP contribution < -0.4 is 4.90 Å². The maximum absolute atomic E-state index is 2.42. The summed E-state index contributed by atoms with van der Waals surface area (Å²) in [6.07, 6.45) is 0. The van der Waals surface area contributed by atoms with Gasteiger partial charge in [-0.25, -0.2) is 0 Å². The molecule has 1 nitrogen and oxygen atoms in total. The summed E-state index contributed by atoms with van der Waals surface area (Å²) in [5, 5.41) is 5.17. The summed E-state index contributed by atoms with van der Waals surface area (Å²) in [5.41, 5.74) is 7.28. The molecule has 0 aliphatic heterocycles. The largest absolute Gasteiger partial charge is 0.336 e. The van der Waals surface area contributed by atoms with Crippen LogP contribution in [0.2, 0.25) is 0 Å². The smallest absolute Gasteiger partial charge is 0.0416 e. The van der Waals surface area contributed by atoms with E-state index in [1.54, 1.807) is 0 Å². The quantitative estimate of drug-likeness (QED) is 0.228. The molecule has 1 heteroatoms. The van der Waals surface area contributed by atoms with Gasteiger partial charge in [0.05, 0.1) is 0 Å². The van der Waals surface area contributed by atoms with Crippen molar-refractivity contribution in [1.29, 1.82) is 0 Å². The first-order chi connectivity index (χ1) is 18.0. The van der Waals surface area contributed by atoms with Crippen LogP contribution in [0.3, 0.4) is 0 Å². The molecule has 6 aromatic carbocycles. The normalized spacial score (nSPS) is 11.6. The Hall–Kier alpha value is -4.36. The van der Waals surface area contributed by atoms with E-state index < -0.39 is 0 Å². The van der Waals surface area contributed by atoms with E-state index in [0.717, 1.165) is 0 Å². The molecule has 0 aromatic heterocycles. The predicted molar refractivity (Wildman–Crippen MR) is 161 cm³/mol. The fourth-order valence-electron chi connectivity index (χ4n) is 5.44. The zero-order chi connectivity index (χ0) is 25.4. The second-order valence-corrected chi connectivity index (χ2v) is 10.7. The number of fused-ring (bicyclic) bond motifs is 3. The van der Waals surface area contributed by atoms with Crippen LogP contribution in [-0.4, -0.2) is 5.54 Å². The zero-order valence-electron chi connectivity index (χ0n) is 21.6. The Morgan fingerprint density at radius 3 is 1.54 bits per heavy atom. The van der Waals surface area contributed by atoms with Crippen LogP contribution >= 0.6 is 0 Å². The van der Waals surface area contributed by atoms with E-state index in [0.29, 0.717) is 0 Å². The lowest BCUT2D eigenvalue weighted by molar-refractivity contribution is 0.560. The van der Waals surface area contributed by atoms with E-state index in [4.69, 9.17) is 0 Å². The van der Waals surface area contributed by atoms with Crippen LogP contribution in [0.4, 0.5) is 11.4 Å². The van der Waals surface area contributed by atoms with Crippen molar-refractivity contribution in [2.24, 2.45) is 0 Å². The van der Waals surface area contributed by atoms with Crippen LogP contribution in [0.5, 0.6) is 0 Å². The highest BCUT2D eigenvalue weighted by molar-refractivity contribution is 6.13. The van der Waals surface area contributed by atoms with Crippen molar-refractivity contribution >= 4 is 32.9 Å². The first-order valence-corrected chi connectivity index (χ1v) is 13.0. The summed E-state index contributed by atoms with van der Waals surface area (Å²) in [6.45, 7) is 6.80. The molecule has 180 valence electrons. The zero-order valence-corrected chi connectivity index (χ0v) is 21.6. The summed E-state index contributed by atoms with van der Waals surface area (Å²) < 4.78 is 0. The summed E-state index contributed by atoms with van der Waals surface area (Å²) in [5.74, 6) is 0. The molecule has 0 saturated carbocycles. The summed E-state index contributed by atoms with van der Waals surface area (Å²) in [7, 11) is 0. The molecular weight excluding hydrogens is 446 g/mol. The monoisotopic (exact) mass is 477 g/mol. The van der Waals surface area contributed by atoms with Gasteiger partial charge in [-0.3, -0.25) is 0 Å². The molecule has 6 rings (SSSR count). The van der Waals surface area contributed by atoms with E-state index in [2.05, 4.69) is 159 Å². The topological polar surface area (TPSA) is 3.24 Å². The van der Waals surface area contributed by atoms with E-state index in [-0.39, 0.29) is 5.54 Å². The minimum absolute atomic E-state index is 0.0780. The van der Waals surface area contributed by atoms with E-state index >= 15 is 0 Å². The first-order valence-electron chi connectivity index (χ1n) is 13.0. The number of rotatable bonds is 4. The maximum atomic E-state index is 2.42. The van der Waals surface area contributed by atoms with Crippen molar-refractivity contribution in [3.63, 3.8) is 0 Å². The molecule has 0 saturated heterocycles. The average molecular weight is 478 g/mol. The Balaban J connectivity index is 1.40. The van der Waals surface area contributed by atoms with E-state index in [9.17, 15) is 0 Å². The number of nitrogens with zero attached hydrogens (tertiary/aromatic N) is 1. The highest BCUT2D eigenvalue weighted by Gasteiger charge is 2.23. The lowest BCUT2D eigenvalue weighted by Gasteiger charge is -2.38. The van der Waals surface area contributed by atoms with Crippen LogP contribution in [0, 0.1) is 0 Å². The lowest BCUT2D eigenvalue weighted by atomic mass is 9.93. The van der Waals surface area contributed by atoms with Gasteiger partial charge in [-0.1, -0.05) is 103 Å². The lowest BCUT2D eigenvalue weighted by Crippen LogP contribution is -2.37. The van der Waals surface area contributed by atoms with Crippen LogP contribution in [-0.2, 0) is 0 Å². The average Bonchev–Trinajstić information content (AvgIpc) is 2.93. The SMILES string of the molecule is CC(C)(C)N(c1ccc(-c2ccccc2)cc1)c1ccc(-c2cc3ccccc3c3ccccc23)cc1. The highest BCUT2D eigenvalue weighted by Crippen LogP contribution is 2.38. The molecule has 0 spiro atoms. The summed E-state index contributed by atoms with van der Waals surface area (Å²) >= 11 is 0. The molecule has 0 fully saturated rings. The van der Waals surface area contributed by atoms with Crippen molar-refractivity contribution in [3.8, 4) is 22.3 Å². The Morgan fingerprint density at radius 2 is 0.919 bits per heavy atom. The summed E-state index contributed by atoms with van der Waals surface area (Å²) in [6, 6.07) is 48.2. The van der Waals surface area contributed by atoms with Crippen molar-refractivity contribution in [2.75, 3.05) is 4.90 Å². The van der Waals surface area contributed by atoms with Gasteiger partial charge in [-0.05, 0) is 94.9 Å². The molecule has 0 heterocycles. The Bertz CT molecular complexity index is 1670. The van der Waals surface area contributed by atoms with Gasteiger partial charge in [0, 0.05) is 16.9 Å². The maximum Gasteiger partial charge on any atom is 0.0416 e. The van der Waals surface area contributed by atoms with Crippen LogP contribution in [0.25, 0.3) is 43.8 Å². The molecule has 0 unspecified atom stereocenters. The molecule has 0 atom stereocenters. The third-order valence-electron chi connectivity index (χ3n) is 7.11. The number of benzene rings is 6. The first kappa shape index (κ1) is 23.1. The van der Waals surface area contributed by atoms with Gasteiger partial charge in [-0.2, -0.15) is 0 Å². The van der Waals surface area contributed by atoms with Gasteiger partial charge >= 0.3 is 0 Å². The molecular formula is C36H31N. The second kappa shape index (κ2) is 9.26. The third-order valence-corrected chi connectivity index (χ3v) is 7.11. The molecule has 0 N–H and O–H groups in total. The molecule has 0 bridgehead atoms. The molecule has 0 aliphatic carbocycles. The number of hydrogen-bond acceptors (Lipinski definition) is 1. The van der Waals surface area contributed by atoms with Gasteiger partial charge in [-0.15, -0.1) is 0 Å². The third kappa shape index (κ3) is 4.38. The van der Waals surface area contributed by atoms with Crippen molar-refractivity contribution in [1.82, 2.24) is 0 Å². The van der Waals surface area contributed by atoms with Gasteiger partial charge in [0.25, 0.3) is 0 Å².